The quantitative estimate of drug-likeness (QED) is 0.186. The van der Waals surface area contributed by atoms with Gasteiger partial charge in [-0.05, 0) is 66.6 Å². The Kier molecular flexibility index (Phi) is 10.00. The lowest BCUT2D eigenvalue weighted by Crippen LogP contribution is -2.47. The maximum atomic E-state index is 13.7. The van der Waals surface area contributed by atoms with E-state index in [-0.39, 0.29) is 11.9 Å². The average Bonchev–Trinajstić information content (AvgIpc) is 3.29. The van der Waals surface area contributed by atoms with Crippen LogP contribution < -0.4 is 10.6 Å². The monoisotopic (exact) mass is 624 g/mol. The highest BCUT2D eigenvalue weighted by Crippen LogP contribution is 2.51. The molecule has 0 radical (unpaired) electrons. The standard InChI is InChI=1S/C34H39F3N4O2S/c1-23(2)44-31-27(12-9-18-38-31)30(42)40-24-15-20-41(21-16-24)19-8-7-17-33(32(43)39-22-34(35,36)37)28-13-5-3-10-25(28)26-11-4-6-14-29(26)33/h3-6,9-14,18,23-24H,7-8,15-17,19-22H2,1-2H3,(H,39,43)(H,40,42). The van der Waals surface area contributed by atoms with Gasteiger partial charge in [-0.15, -0.1) is 11.8 Å². The first-order chi connectivity index (χ1) is 21.1. The first kappa shape index (κ1) is 32.0. The third-order valence-corrected chi connectivity index (χ3v) is 9.48. The van der Waals surface area contributed by atoms with Crippen molar-refractivity contribution in [1.29, 1.82) is 0 Å². The van der Waals surface area contributed by atoms with E-state index in [0.29, 0.717) is 23.7 Å². The molecule has 0 bridgehead atoms. The molecule has 5 rings (SSSR count). The fraction of sp³-hybridized carbons (Fsp3) is 0.441. The number of hydrogen-bond donors (Lipinski definition) is 2. The number of alkyl halides is 3. The molecule has 0 saturated carbocycles. The molecule has 3 aromatic rings. The molecular weight excluding hydrogens is 585 g/mol. The number of unbranched alkanes of at least 4 members (excludes halogenated alkanes) is 1. The van der Waals surface area contributed by atoms with Crippen LogP contribution >= 0.6 is 11.8 Å². The van der Waals surface area contributed by atoms with Crippen LogP contribution in [0.25, 0.3) is 11.1 Å². The summed E-state index contributed by atoms with van der Waals surface area (Å²) < 4.78 is 39.4. The van der Waals surface area contributed by atoms with Crippen LogP contribution in [0.1, 0.15) is 67.4 Å². The van der Waals surface area contributed by atoms with Gasteiger partial charge in [-0.2, -0.15) is 13.2 Å². The molecule has 234 valence electrons. The predicted octanol–water partition coefficient (Wildman–Crippen LogP) is 6.59. The summed E-state index contributed by atoms with van der Waals surface area (Å²) >= 11 is 1.58. The van der Waals surface area contributed by atoms with Gasteiger partial charge in [0.15, 0.2) is 0 Å². The number of nitrogens with one attached hydrogen (secondary N) is 2. The Bertz CT molecular complexity index is 1430. The zero-order valence-electron chi connectivity index (χ0n) is 25.1. The Labute approximate surface area is 261 Å². The van der Waals surface area contributed by atoms with Crippen molar-refractivity contribution >= 4 is 23.6 Å². The molecular formula is C34H39F3N4O2S. The Morgan fingerprint density at radius 3 is 2.23 bits per heavy atom. The zero-order chi connectivity index (χ0) is 31.3. The number of pyridine rings is 1. The van der Waals surface area contributed by atoms with Crippen LogP contribution in [-0.4, -0.2) is 65.3 Å². The van der Waals surface area contributed by atoms with E-state index >= 15 is 0 Å². The highest BCUT2D eigenvalue weighted by atomic mass is 32.2. The van der Waals surface area contributed by atoms with Crippen LogP contribution in [0, 0.1) is 0 Å². The molecule has 1 aromatic heterocycles. The van der Waals surface area contributed by atoms with Crippen molar-refractivity contribution in [2.24, 2.45) is 0 Å². The Morgan fingerprint density at radius 1 is 0.977 bits per heavy atom. The van der Waals surface area contributed by atoms with E-state index in [1.807, 2.05) is 54.6 Å². The normalized spacial score (nSPS) is 16.4. The summed E-state index contributed by atoms with van der Waals surface area (Å²) in [6.07, 6.45) is 0.789. The zero-order valence-corrected chi connectivity index (χ0v) is 25.9. The molecule has 0 atom stereocenters. The summed E-state index contributed by atoms with van der Waals surface area (Å²) in [5.41, 5.74) is 2.76. The van der Waals surface area contributed by atoms with Gasteiger partial charge in [0.1, 0.15) is 17.0 Å². The summed E-state index contributed by atoms with van der Waals surface area (Å²) in [6.45, 7) is 5.29. The molecule has 6 nitrogen and oxygen atoms in total. The number of hydrogen-bond acceptors (Lipinski definition) is 5. The number of thioether (sulfide) groups is 1. The molecule has 0 unspecified atom stereocenters. The van der Waals surface area contributed by atoms with Crippen molar-refractivity contribution < 1.29 is 22.8 Å². The van der Waals surface area contributed by atoms with E-state index < -0.39 is 24.0 Å². The number of carbonyl (C=O) groups is 2. The number of carbonyl (C=O) groups excluding carboxylic acids is 2. The van der Waals surface area contributed by atoms with Crippen LogP contribution in [0.15, 0.2) is 71.9 Å². The lowest BCUT2D eigenvalue weighted by molar-refractivity contribution is -0.141. The summed E-state index contributed by atoms with van der Waals surface area (Å²) in [7, 11) is 0. The van der Waals surface area contributed by atoms with Gasteiger partial charge >= 0.3 is 6.18 Å². The van der Waals surface area contributed by atoms with Crippen LogP contribution in [0.4, 0.5) is 13.2 Å². The van der Waals surface area contributed by atoms with E-state index in [2.05, 4.69) is 34.4 Å². The van der Waals surface area contributed by atoms with Gasteiger partial charge in [0.05, 0.1) is 5.56 Å². The summed E-state index contributed by atoms with van der Waals surface area (Å²) in [5.74, 6) is -0.696. The Morgan fingerprint density at radius 2 is 1.61 bits per heavy atom. The van der Waals surface area contributed by atoms with Gasteiger partial charge in [0.2, 0.25) is 5.91 Å². The molecule has 10 heteroatoms. The van der Waals surface area contributed by atoms with Crippen molar-refractivity contribution in [2.75, 3.05) is 26.2 Å². The van der Waals surface area contributed by atoms with Gasteiger partial charge in [-0.25, -0.2) is 4.98 Å². The second-order valence-electron chi connectivity index (χ2n) is 11.9. The second kappa shape index (κ2) is 13.7. The molecule has 1 saturated heterocycles. The minimum absolute atomic E-state index is 0.0861. The average molecular weight is 625 g/mol. The fourth-order valence-electron chi connectivity index (χ4n) is 6.45. The topological polar surface area (TPSA) is 74.3 Å². The summed E-state index contributed by atoms with van der Waals surface area (Å²) in [5, 5.41) is 6.46. The number of nitrogens with zero attached hydrogens (tertiary/aromatic N) is 2. The Balaban J connectivity index is 1.19. The third kappa shape index (κ3) is 7.12. The maximum Gasteiger partial charge on any atom is 0.405 e. The fourth-order valence-corrected chi connectivity index (χ4v) is 7.31. The van der Waals surface area contributed by atoms with Crippen molar-refractivity contribution in [3.05, 3.63) is 83.6 Å². The molecule has 44 heavy (non-hydrogen) atoms. The van der Waals surface area contributed by atoms with Crippen molar-refractivity contribution in [3.8, 4) is 11.1 Å². The highest BCUT2D eigenvalue weighted by Gasteiger charge is 2.49. The minimum atomic E-state index is -4.49. The lowest BCUT2D eigenvalue weighted by atomic mass is 9.73. The van der Waals surface area contributed by atoms with Crippen molar-refractivity contribution in [2.45, 2.75) is 73.9 Å². The summed E-state index contributed by atoms with van der Waals surface area (Å²) in [4.78, 5) is 33.5. The molecule has 2 heterocycles. The molecule has 0 spiro atoms. The van der Waals surface area contributed by atoms with E-state index in [9.17, 15) is 22.8 Å². The Hall–Kier alpha value is -3.37. The second-order valence-corrected chi connectivity index (χ2v) is 13.4. The molecule has 2 N–H and O–H groups in total. The number of amides is 2. The van der Waals surface area contributed by atoms with E-state index in [0.717, 1.165) is 66.2 Å². The van der Waals surface area contributed by atoms with E-state index in [1.165, 1.54) is 0 Å². The SMILES string of the molecule is CC(C)Sc1ncccc1C(=O)NC1CCN(CCCCC2(C(=O)NCC(F)(F)F)c3ccccc3-c3ccccc32)CC1. The predicted molar refractivity (Wildman–Crippen MR) is 168 cm³/mol. The largest absolute Gasteiger partial charge is 0.405 e. The third-order valence-electron chi connectivity index (χ3n) is 8.46. The number of likely N-dealkylation sites (tertiary alicyclic amines) is 1. The van der Waals surface area contributed by atoms with Crippen LogP contribution in [0.3, 0.4) is 0 Å². The summed E-state index contributed by atoms with van der Waals surface area (Å²) in [6, 6.07) is 18.8. The molecule has 2 aromatic carbocycles. The molecule has 1 fully saturated rings. The van der Waals surface area contributed by atoms with Crippen LogP contribution in [0.2, 0.25) is 0 Å². The van der Waals surface area contributed by atoms with Gasteiger partial charge in [-0.3, -0.25) is 9.59 Å². The number of aromatic nitrogens is 1. The van der Waals surface area contributed by atoms with E-state index in [1.54, 1.807) is 24.0 Å². The molecule has 1 aliphatic carbocycles. The number of piperidine rings is 1. The van der Waals surface area contributed by atoms with Gasteiger partial charge in [0.25, 0.3) is 5.91 Å². The number of fused-ring (bicyclic) bond motifs is 3. The smallest absolute Gasteiger partial charge is 0.349 e. The van der Waals surface area contributed by atoms with E-state index in [4.69, 9.17) is 0 Å². The lowest BCUT2D eigenvalue weighted by Gasteiger charge is -2.33. The minimum Gasteiger partial charge on any atom is -0.349 e. The van der Waals surface area contributed by atoms with Gasteiger partial charge in [-0.1, -0.05) is 68.8 Å². The maximum absolute atomic E-state index is 13.7. The first-order valence-corrected chi connectivity index (χ1v) is 16.2. The van der Waals surface area contributed by atoms with Gasteiger partial charge in [0, 0.05) is 30.6 Å². The number of benzene rings is 2. The number of rotatable bonds is 11. The molecule has 1 aliphatic heterocycles. The van der Waals surface area contributed by atoms with Crippen LogP contribution in [-0.2, 0) is 10.2 Å². The van der Waals surface area contributed by atoms with Crippen molar-refractivity contribution in [1.82, 2.24) is 20.5 Å². The first-order valence-electron chi connectivity index (χ1n) is 15.3. The van der Waals surface area contributed by atoms with Gasteiger partial charge < -0.3 is 15.5 Å². The number of halogens is 3. The molecule has 2 amide bonds. The van der Waals surface area contributed by atoms with Crippen LogP contribution in [0.5, 0.6) is 0 Å². The highest BCUT2D eigenvalue weighted by molar-refractivity contribution is 7.99. The van der Waals surface area contributed by atoms with Crippen molar-refractivity contribution in [3.63, 3.8) is 0 Å². The molecule has 2 aliphatic rings.